The highest BCUT2D eigenvalue weighted by molar-refractivity contribution is 7.89. The highest BCUT2D eigenvalue weighted by atomic mass is 32.2. The molecule has 8 nitrogen and oxygen atoms in total. The van der Waals surface area contributed by atoms with Crippen LogP contribution in [0.5, 0.6) is 0 Å². The van der Waals surface area contributed by atoms with Crippen LogP contribution in [0.2, 0.25) is 0 Å². The van der Waals surface area contributed by atoms with E-state index >= 15 is 0 Å². The molecule has 0 unspecified atom stereocenters. The number of benzene rings is 2. The molecular formula is C26H32N2O6S. The lowest BCUT2D eigenvalue weighted by Gasteiger charge is -2.30. The normalized spacial score (nSPS) is 12.3. The van der Waals surface area contributed by atoms with Crippen molar-refractivity contribution in [2.45, 2.75) is 63.5 Å². The Morgan fingerprint density at radius 1 is 1.00 bits per heavy atom. The van der Waals surface area contributed by atoms with Crippen molar-refractivity contribution in [1.82, 2.24) is 4.31 Å². The Balaban J connectivity index is 2.41. The Hall–Kier alpha value is -3.35. The topological polar surface area (TPSA) is 127 Å². The van der Waals surface area contributed by atoms with E-state index in [1.807, 2.05) is 31.2 Å². The molecular weight excluding hydrogens is 468 g/mol. The van der Waals surface area contributed by atoms with E-state index in [4.69, 9.17) is 10.5 Å². The highest BCUT2D eigenvalue weighted by Gasteiger charge is 2.41. The van der Waals surface area contributed by atoms with Gasteiger partial charge in [0.25, 0.3) is 10.0 Å². The molecule has 1 amide bonds. The smallest absolute Gasteiger partial charge is 0.425 e. The number of amides is 1. The predicted molar refractivity (Wildman–Crippen MR) is 133 cm³/mol. The first-order valence-electron chi connectivity index (χ1n) is 11.2. The number of carbonyl (C=O) groups excluding carboxylic acids is 1. The van der Waals surface area contributed by atoms with Crippen LogP contribution < -0.4 is 5.73 Å². The number of aryl methyl sites for hydroxylation is 1. The van der Waals surface area contributed by atoms with E-state index in [0.717, 1.165) is 11.1 Å². The number of sulfonamides is 1. The van der Waals surface area contributed by atoms with Crippen LogP contribution in [0.3, 0.4) is 0 Å². The number of carboxylic acid groups (broad SMARTS) is 1. The molecule has 0 aromatic heterocycles. The summed E-state index contributed by atoms with van der Waals surface area (Å²) in [6, 6.07) is 11.6. The lowest BCUT2D eigenvalue weighted by atomic mass is 10.1. The Morgan fingerprint density at radius 2 is 1.51 bits per heavy atom. The van der Waals surface area contributed by atoms with Gasteiger partial charge in [0, 0.05) is 11.1 Å². The fourth-order valence-corrected chi connectivity index (χ4v) is 4.60. The maximum Gasteiger partial charge on any atom is 0.425 e. The quantitative estimate of drug-likeness (QED) is 0.416. The van der Waals surface area contributed by atoms with E-state index in [1.54, 1.807) is 20.8 Å². The molecule has 0 saturated carbocycles. The van der Waals surface area contributed by atoms with Crippen molar-refractivity contribution in [2.24, 2.45) is 5.73 Å². The van der Waals surface area contributed by atoms with Gasteiger partial charge in [0.15, 0.2) is 0 Å². The summed E-state index contributed by atoms with van der Waals surface area (Å²) in [4.78, 5) is 24.7. The zero-order valence-electron chi connectivity index (χ0n) is 20.4. The second-order valence-electron chi connectivity index (χ2n) is 9.06. The number of nitrogens with zero attached hydrogens (tertiary/aromatic N) is 1. The molecule has 0 heterocycles. The van der Waals surface area contributed by atoms with Gasteiger partial charge in [-0.05, 0) is 89.9 Å². The monoisotopic (exact) mass is 500 g/mol. The van der Waals surface area contributed by atoms with Crippen LogP contribution in [0.25, 0.3) is 0 Å². The van der Waals surface area contributed by atoms with Gasteiger partial charge in [0.2, 0.25) is 0 Å². The van der Waals surface area contributed by atoms with E-state index in [-0.39, 0.29) is 11.3 Å². The molecule has 9 heteroatoms. The molecule has 0 aliphatic carbocycles. The molecule has 0 fully saturated rings. The molecule has 0 saturated heterocycles. The maximum absolute atomic E-state index is 13.5. The molecule has 2 aromatic rings. The lowest BCUT2D eigenvalue weighted by Crippen LogP contribution is -2.50. The van der Waals surface area contributed by atoms with Gasteiger partial charge in [-0.25, -0.2) is 18.0 Å². The standard InChI is InChI=1S/C26H32N2O6S/c1-19-8-10-20(11-9-19)12-13-21-14-16-22(17-15-21)35(32,33)28(25(31)34-26(2,3)4)23(24(29)30)7-5-6-18-27/h8-11,14-17,23H,5-7,18,27H2,1-4H3,(H,29,30)/t23-/m1/s1. The van der Waals surface area contributed by atoms with Crippen LogP contribution in [0.1, 0.15) is 56.7 Å². The summed E-state index contributed by atoms with van der Waals surface area (Å²) < 4.78 is 32.5. The molecule has 2 rings (SSSR count). The Labute approximate surface area is 207 Å². The number of hydrogen-bond acceptors (Lipinski definition) is 6. The summed E-state index contributed by atoms with van der Waals surface area (Å²) in [5.74, 6) is 4.52. The summed E-state index contributed by atoms with van der Waals surface area (Å²) in [6.07, 6.45) is -0.526. The number of unbranched alkanes of at least 4 members (excludes halogenated alkanes) is 1. The fourth-order valence-electron chi connectivity index (χ4n) is 3.13. The molecule has 0 aliphatic rings. The third-order valence-corrected chi connectivity index (χ3v) is 6.68. The van der Waals surface area contributed by atoms with Crippen LogP contribution in [-0.4, -0.2) is 48.1 Å². The van der Waals surface area contributed by atoms with Crippen molar-refractivity contribution in [3.63, 3.8) is 0 Å². The van der Waals surface area contributed by atoms with Crippen LogP contribution in [0, 0.1) is 18.8 Å². The van der Waals surface area contributed by atoms with Crippen molar-refractivity contribution in [1.29, 1.82) is 0 Å². The number of rotatable bonds is 8. The SMILES string of the molecule is Cc1ccc(C#Cc2ccc(S(=O)(=O)N(C(=O)OC(C)(C)C)[C@H](CCCCN)C(=O)O)cc2)cc1. The summed E-state index contributed by atoms with van der Waals surface area (Å²) in [7, 11) is -4.54. The van der Waals surface area contributed by atoms with Crippen molar-refractivity contribution in [2.75, 3.05) is 6.54 Å². The minimum atomic E-state index is -4.54. The minimum absolute atomic E-state index is 0.0921. The van der Waals surface area contributed by atoms with Crippen molar-refractivity contribution in [3.8, 4) is 11.8 Å². The van der Waals surface area contributed by atoms with Gasteiger partial charge < -0.3 is 15.6 Å². The van der Waals surface area contributed by atoms with Crippen molar-refractivity contribution in [3.05, 3.63) is 65.2 Å². The van der Waals surface area contributed by atoms with Gasteiger partial charge >= 0.3 is 12.1 Å². The number of aliphatic carboxylic acids is 1. The average molecular weight is 501 g/mol. The average Bonchev–Trinajstić information content (AvgIpc) is 2.77. The molecule has 2 aromatic carbocycles. The molecule has 1 atom stereocenters. The summed E-state index contributed by atoms with van der Waals surface area (Å²) in [5.41, 5.74) is 6.94. The van der Waals surface area contributed by atoms with Crippen molar-refractivity contribution < 1.29 is 27.9 Å². The Bertz CT molecular complexity index is 1190. The molecule has 0 spiro atoms. The zero-order valence-corrected chi connectivity index (χ0v) is 21.3. The summed E-state index contributed by atoms with van der Waals surface area (Å²) >= 11 is 0. The largest absolute Gasteiger partial charge is 0.480 e. The number of carbonyl (C=O) groups is 2. The van der Waals surface area contributed by atoms with Gasteiger partial charge in [0.05, 0.1) is 4.90 Å². The maximum atomic E-state index is 13.5. The van der Waals surface area contributed by atoms with E-state index in [0.29, 0.717) is 29.3 Å². The van der Waals surface area contributed by atoms with E-state index in [2.05, 4.69) is 11.8 Å². The van der Waals surface area contributed by atoms with Crippen LogP contribution >= 0.6 is 0 Å². The number of carboxylic acids is 1. The van der Waals surface area contributed by atoms with Gasteiger partial charge in [-0.15, -0.1) is 0 Å². The number of ether oxygens (including phenoxy) is 1. The molecule has 0 aliphatic heterocycles. The molecule has 0 radical (unpaired) electrons. The second-order valence-corrected chi connectivity index (χ2v) is 10.9. The van der Waals surface area contributed by atoms with E-state index in [9.17, 15) is 23.1 Å². The Kier molecular flexibility index (Phi) is 9.46. The minimum Gasteiger partial charge on any atom is -0.480 e. The number of nitrogens with two attached hydrogens (primary N) is 1. The first-order valence-corrected chi connectivity index (χ1v) is 12.7. The molecule has 0 bridgehead atoms. The van der Waals surface area contributed by atoms with Gasteiger partial charge in [-0.1, -0.05) is 29.5 Å². The molecule has 3 N–H and O–H groups in total. The van der Waals surface area contributed by atoms with Crippen LogP contribution in [0.15, 0.2) is 53.4 Å². The van der Waals surface area contributed by atoms with Gasteiger partial charge in [-0.3, -0.25) is 0 Å². The zero-order chi connectivity index (χ0) is 26.2. The first-order chi connectivity index (χ1) is 16.3. The molecule has 35 heavy (non-hydrogen) atoms. The van der Waals surface area contributed by atoms with Crippen molar-refractivity contribution >= 4 is 22.1 Å². The fraction of sp³-hybridized carbons (Fsp3) is 0.385. The summed E-state index contributed by atoms with van der Waals surface area (Å²) in [5, 5.41) is 9.78. The summed E-state index contributed by atoms with van der Waals surface area (Å²) in [6.45, 7) is 7.00. The van der Waals surface area contributed by atoms with E-state index < -0.39 is 33.7 Å². The lowest BCUT2D eigenvalue weighted by molar-refractivity contribution is -0.141. The van der Waals surface area contributed by atoms with Gasteiger partial charge in [-0.2, -0.15) is 4.31 Å². The predicted octanol–water partition coefficient (Wildman–Crippen LogP) is 3.90. The van der Waals surface area contributed by atoms with Crippen LogP contribution in [0.4, 0.5) is 4.79 Å². The first kappa shape index (κ1) is 27.9. The number of hydrogen-bond donors (Lipinski definition) is 2. The highest BCUT2D eigenvalue weighted by Crippen LogP contribution is 2.25. The third kappa shape index (κ3) is 8.12. The van der Waals surface area contributed by atoms with E-state index in [1.165, 1.54) is 24.3 Å². The second kappa shape index (κ2) is 11.9. The molecule has 188 valence electrons. The Morgan fingerprint density at radius 3 is 1.97 bits per heavy atom. The third-order valence-electron chi connectivity index (χ3n) is 4.89. The van der Waals surface area contributed by atoms with Gasteiger partial charge in [0.1, 0.15) is 11.6 Å². The van der Waals surface area contributed by atoms with Crippen LogP contribution in [-0.2, 0) is 19.6 Å².